The highest BCUT2D eigenvalue weighted by Crippen LogP contribution is 2.36. The number of hydrogen-bond donors (Lipinski definition) is 1. The van der Waals surface area contributed by atoms with E-state index in [9.17, 15) is 0 Å². The third-order valence-corrected chi connectivity index (χ3v) is 1.06. The molecule has 0 aromatic heterocycles. The van der Waals surface area contributed by atoms with E-state index in [0.29, 0.717) is 0 Å². The van der Waals surface area contributed by atoms with E-state index < -0.39 is 7.21 Å². The van der Waals surface area contributed by atoms with Gasteiger partial charge in [0.05, 0.1) is 7.21 Å². The van der Waals surface area contributed by atoms with E-state index in [0.717, 1.165) is 0 Å². The fourth-order valence-electron chi connectivity index (χ4n) is 0. The zero-order valence-electron chi connectivity index (χ0n) is 4.10. The monoisotopic (exact) mass is 104 g/mol. The summed E-state index contributed by atoms with van der Waals surface area (Å²) >= 11 is 0. The van der Waals surface area contributed by atoms with Crippen molar-refractivity contribution in [2.75, 3.05) is 13.3 Å². The highest BCUT2D eigenvalue weighted by Gasteiger charge is 1.88. The number of hydrogen-bond acceptors (Lipinski definition) is 1. The van der Waals surface area contributed by atoms with Gasteiger partial charge in [-0.2, -0.15) is 0 Å². The zero-order valence-corrected chi connectivity index (χ0v) is 5.00. The van der Waals surface area contributed by atoms with Crippen molar-refractivity contribution >= 4 is 13.9 Å². The van der Waals surface area contributed by atoms with Crippen LogP contribution in [0.1, 0.15) is 0 Å². The first-order valence-electron chi connectivity index (χ1n) is 1.63. The van der Waals surface area contributed by atoms with Crippen LogP contribution in [0, 0.1) is 5.16 Å². The van der Waals surface area contributed by atoms with E-state index in [4.69, 9.17) is 5.16 Å². The largest absolute Gasteiger partial charge is 0.297 e. The smallest absolute Gasteiger partial charge is 0.0642 e. The average Bonchev–Trinajstić information content (AvgIpc) is 1.35. The molecule has 0 unspecified atom stereocenters. The molecule has 0 rings (SSSR count). The lowest BCUT2D eigenvalue weighted by molar-refractivity contribution is 1.55. The van der Waals surface area contributed by atoms with Gasteiger partial charge in [-0.15, -0.1) is 0 Å². The second-order valence-corrected chi connectivity index (χ2v) is 4.61. The Labute approximate surface area is 38.2 Å². The number of nitrogens with zero attached hydrogens (tertiary/aromatic N) is 1. The van der Waals surface area contributed by atoms with Crippen LogP contribution in [-0.2, 0) is 0 Å². The van der Waals surface area contributed by atoms with Crippen LogP contribution in [0.25, 0.3) is 0 Å². The second-order valence-electron chi connectivity index (χ2n) is 1.54. The summed E-state index contributed by atoms with van der Waals surface area (Å²) in [7, 11) is -1.63. The van der Waals surface area contributed by atoms with Gasteiger partial charge in [0.2, 0.25) is 0 Å². The Balaban J connectivity index is 3.81. The lowest BCUT2D eigenvalue weighted by atomic mass is 11.8. The molecule has 0 amide bonds. The van der Waals surface area contributed by atoms with Gasteiger partial charge in [-0.05, 0) is 20.0 Å². The summed E-state index contributed by atoms with van der Waals surface area (Å²) in [6, 6.07) is 0. The predicted octanol–water partition coefficient (Wildman–Crippen LogP) is 1.64. The van der Waals surface area contributed by atoms with E-state index >= 15 is 0 Å². The fraction of sp³-hybridized carbons (Fsp3) is 0.667. The molecular weight excluding hydrogens is 95.0 g/mol. The van der Waals surface area contributed by atoms with Crippen LogP contribution in [0.5, 0.6) is 0 Å². The van der Waals surface area contributed by atoms with Crippen molar-refractivity contribution in [2.24, 2.45) is 4.76 Å². The number of rotatable bonds is 1. The molecule has 0 bridgehead atoms. The summed E-state index contributed by atoms with van der Waals surface area (Å²) in [5.41, 5.74) is 0. The molecule has 0 aromatic rings. The minimum Gasteiger partial charge on any atom is -0.297 e. The molecule has 0 saturated heterocycles. The van der Waals surface area contributed by atoms with Crippen molar-refractivity contribution in [1.29, 1.82) is 5.16 Å². The van der Waals surface area contributed by atoms with Crippen LogP contribution >= 0.6 is 7.21 Å². The maximum absolute atomic E-state index is 7.06. The van der Waals surface area contributed by atoms with Gasteiger partial charge in [0.25, 0.3) is 0 Å². The summed E-state index contributed by atoms with van der Waals surface area (Å²) in [5.74, 6) is 0. The van der Waals surface area contributed by atoms with Crippen LogP contribution in [0.3, 0.4) is 0 Å². The van der Waals surface area contributed by atoms with Gasteiger partial charge in [0.1, 0.15) is 0 Å². The molecule has 0 aliphatic rings. The molecule has 0 atom stereocenters. The minimum absolute atomic E-state index is 1.63. The van der Waals surface area contributed by atoms with Crippen molar-refractivity contribution in [3.8, 4) is 0 Å². The molecule has 0 aliphatic heterocycles. The van der Waals surface area contributed by atoms with E-state index in [-0.39, 0.29) is 0 Å². The van der Waals surface area contributed by atoms with Gasteiger partial charge in [-0.3, -0.25) is 9.92 Å². The highest BCUT2D eigenvalue weighted by atomic mass is 31.2. The summed E-state index contributed by atoms with van der Waals surface area (Å²) in [4.78, 5) is 0. The molecule has 1 N–H and O–H groups in total. The molecule has 2 nitrogen and oxygen atoms in total. The van der Waals surface area contributed by atoms with Crippen LogP contribution in [0.2, 0.25) is 0 Å². The Morgan fingerprint density at radius 3 is 1.83 bits per heavy atom. The average molecular weight is 104 g/mol. The molecule has 0 aliphatic carbocycles. The Kier molecular flexibility index (Phi) is 1.54. The molecule has 36 valence electrons. The van der Waals surface area contributed by atoms with Crippen molar-refractivity contribution < 1.29 is 0 Å². The zero-order chi connectivity index (χ0) is 5.21. The van der Waals surface area contributed by atoms with Crippen molar-refractivity contribution in [3.05, 3.63) is 0 Å². The van der Waals surface area contributed by atoms with E-state index in [1.54, 1.807) is 13.3 Å². The van der Waals surface area contributed by atoms with Gasteiger partial charge < -0.3 is 0 Å². The third-order valence-electron chi connectivity index (χ3n) is 0.354. The summed E-state index contributed by atoms with van der Waals surface area (Å²) in [6.45, 7) is 6.83. The van der Waals surface area contributed by atoms with Crippen molar-refractivity contribution in [3.63, 3.8) is 0 Å². The van der Waals surface area contributed by atoms with E-state index in [1.807, 2.05) is 0 Å². The van der Waals surface area contributed by atoms with Gasteiger partial charge in [0, 0.05) is 0 Å². The number of nitrogens with one attached hydrogen (secondary N) is 1. The summed E-state index contributed by atoms with van der Waals surface area (Å²) in [5, 5.41) is 7.06. The Hall–Kier alpha value is -0.100. The van der Waals surface area contributed by atoms with Crippen LogP contribution in [-0.4, -0.2) is 20.0 Å². The molecule has 0 radical (unpaired) electrons. The maximum Gasteiger partial charge on any atom is 0.0642 e. The van der Waals surface area contributed by atoms with Gasteiger partial charge in [-0.25, -0.2) is 0 Å². The van der Waals surface area contributed by atoms with E-state index in [2.05, 4.69) is 11.5 Å². The van der Waals surface area contributed by atoms with Gasteiger partial charge >= 0.3 is 0 Å². The van der Waals surface area contributed by atoms with Crippen LogP contribution < -0.4 is 0 Å². The lowest BCUT2D eigenvalue weighted by Gasteiger charge is -1.96. The van der Waals surface area contributed by atoms with Crippen molar-refractivity contribution in [1.82, 2.24) is 0 Å². The molecule has 0 saturated carbocycles. The normalized spacial score (nSPS) is 11.0. The Morgan fingerprint density at radius 2 is 1.83 bits per heavy atom. The first kappa shape index (κ1) is 5.90. The van der Waals surface area contributed by atoms with E-state index in [1.165, 1.54) is 0 Å². The van der Waals surface area contributed by atoms with Gasteiger partial charge in [0.15, 0.2) is 0 Å². The molecule has 0 spiro atoms. The molecular formula is C3H9N2P. The van der Waals surface area contributed by atoms with Crippen LogP contribution in [0.4, 0.5) is 0 Å². The van der Waals surface area contributed by atoms with Gasteiger partial charge in [-0.1, -0.05) is 0 Å². The lowest BCUT2D eigenvalue weighted by Crippen LogP contribution is -1.59. The Bertz CT molecular complexity index is 91.0. The van der Waals surface area contributed by atoms with Crippen LogP contribution in [0.15, 0.2) is 4.76 Å². The SMILES string of the molecule is C=NP(C)(C)=N. The second kappa shape index (κ2) is 1.57. The summed E-state index contributed by atoms with van der Waals surface area (Å²) in [6.07, 6.45) is 0. The Morgan fingerprint density at radius 1 is 1.67 bits per heavy atom. The first-order chi connectivity index (χ1) is 2.56. The standard InChI is InChI=1S/C3H9N2P/c1-5-6(2,3)4/h4H,1H2,2-3H3. The summed E-state index contributed by atoms with van der Waals surface area (Å²) < 4.78 is 3.55. The quantitative estimate of drug-likeness (QED) is 0.388. The molecule has 0 aromatic carbocycles. The maximum atomic E-state index is 7.06. The van der Waals surface area contributed by atoms with Crippen molar-refractivity contribution in [2.45, 2.75) is 0 Å². The fourth-order valence-corrected chi connectivity index (χ4v) is 0. The topological polar surface area (TPSA) is 36.2 Å². The third kappa shape index (κ3) is 3.90. The molecule has 6 heavy (non-hydrogen) atoms. The molecule has 0 heterocycles. The minimum atomic E-state index is -1.63. The first-order valence-corrected chi connectivity index (χ1v) is 4.27. The molecule has 0 fully saturated rings. The molecule has 3 heteroatoms. The predicted molar refractivity (Wildman–Crippen MR) is 31.0 cm³/mol. The highest BCUT2D eigenvalue weighted by molar-refractivity contribution is 7.62.